The molecule has 4 heteroatoms. The summed E-state index contributed by atoms with van der Waals surface area (Å²) in [6, 6.07) is 1.78. The maximum Gasteiger partial charge on any atom is 0.183 e. The van der Waals surface area contributed by atoms with Gasteiger partial charge in [0.1, 0.15) is 5.69 Å². The fourth-order valence-corrected chi connectivity index (χ4v) is 2.21. The van der Waals surface area contributed by atoms with Crippen LogP contribution in [0.3, 0.4) is 0 Å². The lowest BCUT2D eigenvalue weighted by Gasteiger charge is -2.30. The monoisotopic (exact) mass is 251 g/mol. The first kappa shape index (κ1) is 14.9. The lowest BCUT2D eigenvalue weighted by atomic mass is 9.76. The molecule has 0 saturated carbocycles. The van der Waals surface area contributed by atoms with Crippen LogP contribution in [0.2, 0.25) is 0 Å². The van der Waals surface area contributed by atoms with Gasteiger partial charge in [-0.1, -0.05) is 20.8 Å². The second kappa shape index (κ2) is 6.14. The van der Waals surface area contributed by atoms with Gasteiger partial charge in [0.2, 0.25) is 0 Å². The molecule has 0 spiro atoms. The van der Waals surface area contributed by atoms with Gasteiger partial charge in [0, 0.05) is 19.7 Å². The fraction of sp³-hybridized carbons (Fsp3) is 0.714. The molecule has 0 saturated heterocycles. The van der Waals surface area contributed by atoms with Gasteiger partial charge in [-0.2, -0.15) is 5.10 Å². The largest absolute Gasteiger partial charge is 0.330 e. The van der Waals surface area contributed by atoms with Crippen LogP contribution in [0.1, 0.15) is 50.5 Å². The van der Waals surface area contributed by atoms with Crippen molar-refractivity contribution in [1.29, 1.82) is 0 Å². The zero-order valence-electron chi connectivity index (χ0n) is 11.9. The molecule has 0 bridgehead atoms. The molecule has 0 amide bonds. The minimum atomic E-state index is 0.127. The van der Waals surface area contributed by atoms with Gasteiger partial charge in [-0.3, -0.25) is 9.48 Å². The number of nitrogens with two attached hydrogens (primary N) is 1. The third-order valence-corrected chi connectivity index (χ3v) is 3.46. The minimum Gasteiger partial charge on any atom is -0.330 e. The maximum atomic E-state index is 12.0. The van der Waals surface area contributed by atoms with Crippen molar-refractivity contribution in [1.82, 2.24) is 9.78 Å². The summed E-state index contributed by atoms with van der Waals surface area (Å²) in [7, 11) is 1.82. The number of hydrogen-bond acceptors (Lipinski definition) is 3. The summed E-state index contributed by atoms with van der Waals surface area (Å²) in [5, 5.41) is 4.14. The van der Waals surface area contributed by atoms with Crippen LogP contribution in [0.5, 0.6) is 0 Å². The van der Waals surface area contributed by atoms with Gasteiger partial charge >= 0.3 is 0 Å². The highest BCUT2D eigenvalue weighted by Crippen LogP contribution is 2.32. The maximum absolute atomic E-state index is 12.0. The fourth-order valence-electron chi connectivity index (χ4n) is 2.21. The second-order valence-electron chi connectivity index (χ2n) is 5.98. The van der Waals surface area contributed by atoms with E-state index >= 15 is 0 Å². The number of aromatic nitrogens is 2. The van der Waals surface area contributed by atoms with Gasteiger partial charge in [0.05, 0.1) is 0 Å². The number of rotatable bonds is 6. The molecule has 1 aromatic rings. The lowest BCUT2D eigenvalue weighted by molar-refractivity contribution is 0.0952. The number of ketones is 1. The highest BCUT2D eigenvalue weighted by atomic mass is 16.1. The van der Waals surface area contributed by atoms with Crippen molar-refractivity contribution in [3.63, 3.8) is 0 Å². The van der Waals surface area contributed by atoms with Crippen LogP contribution in [-0.2, 0) is 7.05 Å². The Morgan fingerprint density at radius 2 is 2.11 bits per heavy atom. The Bertz CT molecular complexity index is 390. The van der Waals surface area contributed by atoms with Crippen LogP contribution < -0.4 is 5.73 Å². The Balaban J connectivity index is 2.55. The summed E-state index contributed by atoms with van der Waals surface area (Å²) in [6.45, 7) is 7.30. The van der Waals surface area contributed by atoms with Gasteiger partial charge in [-0.05, 0) is 36.8 Å². The van der Waals surface area contributed by atoms with Gasteiger partial charge in [-0.25, -0.2) is 0 Å². The number of hydrogen-bond donors (Lipinski definition) is 1. The average molecular weight is 251 g/mol. The first-order valence-electron chi connectivity index (χ1n) is 6.57. The van der Waals surface area contributed by atoms with Crippen molar-refractivity contribution in [2.75, 3.05) is 6.54 Å². The van der Waals surface area contributed by atoms with E-state index in [-0.39, 0.29) is 11.2 Å². The van der Waals surface area contributed by atoms with Crippen molar-refractivity contribution in [2.45, 2.75) is 40.0 Å². The van der Waals surface area contributed by atoms with E-state index in [1.54, 1.807) is 16.9 Å². The van der Waals surface area contributed by atoms with E-state index < -0.39 is 0 Å². The topological polar surface area (TPSA) is 60.9 Å². The summed E-state index contributed by atoms with van der Waals surface area (Å²) < 4.78 is 1.66. The van der Waals surface area contributed by atoms with E-state index in [2.05, 4.69) is 25.9 Å². The van der Waals surface area contributed by atoms with Crippen molar-refractivity contribution < 1.29 is 4.79 Å². The summed E-state index contributed by atoms with van der Waals surface area (Å²) in [6.07, 6.45) is 4.21. The third kappa shape index (κ3) is 4.26. The Labute approximate surface area is 110 Å². The molecular weight excluding hydrogens is 226 g/mol. The lowest BCUT2D eigenvalue weighted by Crippen LogP contribution is -2.24. The second-order valence-corrected chi connectivity index (χ2v) is 5.98. The number of nitrogens with zero attached hydrogens (tertiary/aromatic N) is 2. The molecule has 102 valence electrons. The predicted molar refractivity (Wildman–Crippen MR) is 73.4 cm³/mol. The number of Topliss-reactive ketones (excluding diaryl/α,β-unsaturated/α-hetero) is 1. The molecule has 0 aliphatic heterocycles. The number of carbonyl (C=O) groups is 1. The molecule has 0 aliphatic carbocycles. The van der Waals surface area contributed by atoms with E-state index in [1.165, 1.54) is 0 Å². The minimum absolute atomic E-state index is 0.127. The quantitative estimate of drug-likeness (QED) is 0.790. The van der Waals surface area contributed by atoms with Crippen LogP contribution in [0.15, 0.2) is 12.3 Å². The van der Waals surface area contributed by atoms with Crippen LogP contribution in [0, 0.1) is 11.3 Å². The van der Waals surface area contributed by atoms with Crippen LogP contribution in [0.25, 0.3) is 0 Å². The van der Waals surface area contributed by atoms with Crippen LogP contribution >= 0.6 is 0 Å². The molecule has 2 N–H and O–H groups in total. The van der Waals surface area contributed by atoms with Gasteiger partial charge in [0.25, 0.3) is 0 Å². The predicted octanol–water partition coefficient (Wildman–Crippen LogP) is 2.39. The molecule has 1 aromatic heterocycles. The molecule has 0 aromatic carbocycles. The van der Waals surface area contributed by atoms with Crippen molar-refractivity contribution >= 4 is 5.78 Å². The zero-order chi connectivity index (χ0) is 13.8. The molecule has 4 nitrogen and oxygen atoms in total. The Kier molecular flexibility index (Phi) is 5.08. The summed E-state index contributed by atoms with van der Waals surface area (Å²) in [5.41, 5.74) is 6.41. The van der Waals surface area contributed by atoms with E-state index in [1.807, 2.05) is 7.05 Å². The summed E-state index contributed by atoms with van der Waals surface area (Å²) in [5.74, 6) is 0.608. The standard InChI is InChI=1S/C14H25N3O/c1-14(2,3)11(7-9-15)5-6-13(18)12-8-10-17(4)16-12/h8,10-11H,5-7,9,15H2,1-4H3. The molecule has 0 fully saturated rings. The molecule has 0 radical (unpaired) electrons. The smallest absolute Gasteiger partial charge is 0.183 e. The molecule has 1 heterocycles. The molecule has 18 heavy (non-hydrogen) atoms. The van der Waals surface area contributed by atoms with Crippen molar-refractivity contribution in [3.8, 4) is 0 Å². The van der Waals surface area contributed by atoms with Crippen LogP contribution in [-0.4, -0.2) is 22.1 Å². The first-order chi connectivity index (χ1) is 8.34. The summed E-state index contributed by atoms with van der Waals surface area (Å²) in [4.78, 5) is 12.0. The highest BCUT2D eigenvalue weighted by molar-refractivity contribution is 5.94. The number of carbonyl (C=O) groups excluding carboxylic acids is 1. The van der Waals surface area contributed by atoms with Crippen LogP contribution in [0.4, 0.5) is 0 Å². The van der Waals surface area contributed by atoms with Gasteiger partial charge < -0.3 is 5.73 Å². The molecule has 0 aliphatic rings. The SMILES string of the molecule is Cn1ccc(C(=O)CCC(CCN)C(C)(C)C)n1. The van der Waals surface area contributed by atoms with Gasteiger partial charge in [-0.15, -0.1) is 0 Å². The normalized spacial score (nSPS) is 13.6. The van der Waals surface area contributed by atoms with Gasteiger partial charge in [0.15, 0.2) is 5.78 Å². The van der Waals surface area contributed by atoms with E-state index in [0.29, 0.717) is 24.6 Å². The highest BCUT2D eigenvalue weighted by Gasteiger charge is 2.24. The third-order valence-electron chi connectivity index (χ3n) is 3.46. The Morgan fingerprint density at radius 1 is 1.44 bits per heavy atom. The summed E-state index contributed by atoms with van der Waals surface area (Å²) >= 11 is 0. The average Bonchev–Trinajstić information content (AvgIpc) is 2.69. The Morgan fingerprint density at radius 3 is 2.56 bits per heavy atom. The first-order valence-corrected chi connectivity index (χ1v) is 6.57. The molecule has 1 unspecified atom stereocenters. The molecular formula is C14H25N3O. The molecule has 1 atom stereocenters. The van der Waals surface area contributed by atoms with Crippen molar-refractivity contribution in [3.05, 3.63) is 18.0 Å². The van der Waals surface area contributed by atoms with E-state index in [0.717, 1.165) is 12.8 Å². The molecule has 1 rings (SSSR count). The number of aryl methyl sites for hydroxylation is 1. The van der Waals surface area contributed by atoms with Crippen molar-refractivity contribution in [2.24, 2.45) is 24.1 Å². The Hall–Kier alpha value is -1.16. The van der Waals surface area contributed by atoms with E-state index in [4.69, 9.17) is 5.73 Å². The van der Waals surface area contributed by atoms with E-state index in [9.17, 15) is 4.79 Å². The zero-order valence-corrected chi connectivity index (χ0v) is 11.9.